The fourth-order valence-electron chi connectivity index (χ4n) is 3.92. The SMILES string of the molecule is CN=C(NCCc1c[nH]c2ccccc12)NC[C@H]1CCCN1CC(C)C.I. The van der Waals surface area contributed by atoms with Gasteiger partial charge in [0.25, 0.3) is 0 Å². The highest BCUT2D eigenvalue weighted by Gasteiger charge is 2.24. The molecule has 1 aromatic heterocycles. The lowest BCUT2D eigenvalue weighted by molar-refractivity contribution is 0.226. The van der Waals surface area contributed by atoms with E-state index in [1.165, 1.54) is 42.4 Å². The lowest BCUT2D eigenvalue weighted by Crippen LogP contribution is -2.46. The molecular weight excluding hydrogens is 449 g/mol. The lowest BCUT2D eigenvalue weighted by atomic mass is 10.1. The van der Waals surface area contributed by atoms with Gasteiger partial charge in [0.05, 0.1) is 0 Å². The summed E-state index contributed by atoms with van der Waals surface area (Å²) in [7, 11) is 1.85. The number of hydrogen-bond donors (Lipinski definition) is 3. The largest absolute Gasteiger partial charge is 0.361 e. The molecule has 0 spiro atoms. The van der Waals surface area contributed by atoms with Crippen LogP contribution in [0.4, 0.5) is 0 Å². The fraction of sp³-hybridized carbons (Fsp3) is 0.571. The van der Waals surface area contributed by atoms with E-state index in [9.17, 15) is 0 Å². The van der Waals surface area contributed by atoms with E-state index in [-0.39, 0.29) is 24.0 Å². The summed E-state index contributed by atoms with van der Waals surface area (Å²) < 4.78 is 0. The smallest absolute Gasteiger partial charge is 0.191 e. The third-order valence-corrected chi connectivity index (χ3v) is 5.19. The minimum atomic E-state index is 0. The van der Waals surface area contributed by atoms with Gasteiger partial charge in [0, 0.05) is 49.8 Å². The van der Waals surface area contributed by atoms with Crippen LogP contribution in [0.2, 0.25) is 0 Å². The first kappa shape index (κ1) is 22.0. The van der Waals surface area contributed by atoms with Crippen molar-refractivity contribution in [3.63, 3.8) is 0 Å². The molecule has 150 valence electrons. The summed E-state index contributed by atoms with van der Waals surface area (Å²) in [5.74, 6) is 1.63. The Labute approximate surface area is 180 Å². The molecule has 3 N–H and O–H groups in total. The van der Waals surface area contributed by atoms with E-state index in [4.69, 9.17) is 0 Å². The van der Waals surface area contributed by atoms with Crippen molar-refractivity contribution in [1.29, 1.82) is 0 Å². The first-order valence-corrected chi connectivity index (χ1v) is 9.91. The molecule has 1 saturated heterocycles. The van der Waals surface area contributed by atoms with Crippen LogP contribution in [0, 0.1) is 5.92 Å². The highest BCUT2D eigenvalue weighted by Crippen LogP contribution is 2.18. The maximum absolute atomic E-state index is 4.38. The van der Waals surface area contributed by atoms with E-state index in [0.29, 0.717) is 6.04 Å². The zero-order valence-electron chi connectivity index (χ0n) is 16.8. The third-order valence-electron chi connectivity index (χ3n) is 5.19. The van der Waals surface area contributed by atoms with E-state index >= 15 is 0 Å². The Hall–Kier alpha value is -1.28. The van der Waals surface area contributed by atoms with Crippen LogP contribution in [0.25, 0.3) is 10.9 Å². The Balaban J connectivity index is 0.00000261. The van der Waals surface area contributed by atoms with Crippen molar-refractivity contribution in [1.82, 2.24) is 20.5 Å². The van der Waals surface area contributed by atoms with E-state index in [1.54, 1.807) is 0 Å². The number of fused-ring (bicyclic) bond motifs is 1. The van der Waals surface area contributed by atoms with E-state index in [0.717, 1.165) is 31.4 Å². The molecule has 1 aliphatic heterocycles. The average molecular weight is 483 g/mol. The Morgan fingerprint density at radius 3 is 2.89 bits per heavy atom. The number of aliphatic imine (C=N–C) groups is 1. The van der Waals surface area contributed by atoms with Crippen molar-refractivity contribution in [3.05, 3.63) is 36.0 Å². The number of para-hydroxylation sites is 1. The topological polar surface area (TPSA) is 55.5 Å². The van der Waals surface area contributed by atoms with E-state index in [1.807, 2.05) is 7.05 Å². The summed E-state index contributed by atoms with van der Waals surface area (Å²) in [6, 6.07) is 9.09. The predicted molar refractivity (Wildman–Crippen MR) is 126 cm³/mol. The van der Waals surface area contributed by atoms with Crippen LogP contribution >= 0.6 is 24.0 Å². The van der Waals surface area contributed by atoms with Crippen molar-refractivity contribution in [2.45, 2.75) is 39.2 Å². The second-order valence-electron chi connectivity index (χ2n) is 7.67. The molecule has 0 saturated carbocycles. The standard InChI is InChI=1S/C21H33N5.HI/c1-16(2)15-26-12-6-7-18(26)14-25-21(22-3)23-11-10-17-13-24-20-9-5-4-8-19(17)20;/h4-5,8-9,13,16,18,24H,6-7,10-12,14-15H2,1-3H3,(H2,22,23,25);1H/t18-;/m1./s1. The first-order valence-electron chi connectivity index (χ1n) is 9.91. The molecule has 0 unspecified atom stereocenters. The van der Waals surface area contributed by atoms with Crippen molar-refractivity contribution in [3.8, 4) is 0 Å². The van der Waals surface area contributed by atoms with Crippen molar-refractivity contribution < 1.29 is 0 Å². The third kappa shape index (κ3) is 6.10. The van der Waals surface area contributed by atoms with Gasteiger partial charge in [-0.3, -0.25) is 9.89 Å². The van der Waals surface area contributed by atoms with Gasteiger partial charge in [-0.1, -0.05) is 32.0 Å². The number of nitrogens with zero attached hydrogens (tertiary/aromatic N) is 2. The molecular formula is C21H34IN5. The maximum atomic E-state index is 4.38. The van der Waals surface area contributed by atoms with Crippen LogP contribution in [-0.4, -0.2) is 55.1 Å². The Bertz CT molecular complexity index is 724. The molecule has 2 aromatic rings. The summed E-state index contributed by atoms with van der Waals surface area (Å²) >= 11 is 0. The van der Waals surface area contributed by atoms with Gasteiger partial charge in [0.15, 0.2) is 5.96 Å². The summed E-state index contributed by atoms with van der Waals surface area (Å²) in [6.45, 7) is 8.87. The van der Waals surface area contributed by atoms with Gasteiger partial charge in [-0.2, -0.15) is 0 Å². The Morgan fingerprint density at radius 1 is 1.30 bits per heavy atom. The van der Waals surface area contributed by atoms with Crippen molar-refractivity contribution >= 4 is 40.8 Å². The predicted octanol–water partition coefficient (Wildman–Crippen LogP) is 3.61. The number of benzene rings is 1. The normalized spacial score (nSPS) is 18.1. The minimum Gasteiger partial charge on any atom is -0.361 e. The number of H-pyrrole nitrogens is 1. The second kappa shape index (κ2) is 10.9. The van der Waals surface area contributed by atoms with Gasteiger partial charge in [0.1, 0.15) is 0 Å². The van der Waals surface area contributed by atoms with Crippen LogP contribution in [0.3, 0.4) is 0 Å². The van der Waals surface area contributed by atoms with Gasteiger partial charge in [-0.05, 0) is 43.4 Å². The monoisotopic (exact) mass is 483 g/mol. The summed E-state index contributed by atoms with van der Waals surface area (Å²) in [5, 5.41) is 8.29. The molecule has 0 bridgehead atoms. The van der Waals surface area contributed by atoms with E-state index < -0.39 is 0 Å². The number of rotatable bonds is 7. The summed E-state index contributed by atoms with van der Waals surface area (Å²) in [5.41, 5.74) is 2.55. The van der Waals surface area contributed by atoms with Gasteiger partial charge < -0.3 is 15.6 Å². The quantitative estimate of drug-likeness (QED) is 0.321. The fourth-order valence-corrected chi connectivity index (χ4v) is 3.92. The van der Waals surface area contributed by atoms with Gasteiger partial charge >= 0.3 is 0 Å². The van der Waals surface area contributed by atoms with Crippen LogP contribution in [0.1, 0.15) is 32.3 Å². The minimum absolute atomic E-state index is 0. The first-order chi connectivity index (χ1) is 12.7. The van der Waals surface area contributed by atoms with Gasteiger partial charge in [-0.15, -0.1) is 24.0 Å². The molecule has 0 amide bonds. The highest BCUT2D eigenvalue weighted by molar-refractivity contribution is 14.0. The lowest BCUT2D eigenvalue weighted by Gasteiger charge is -2.27. The Kier molecular flexibility index (Phi) is 8.89. The molecule has 0 aliphatic carbocycles. The molecule has 1 fully saturated rings. The maximum Gasteiger partial charge on any atom is 0.191 e. The number of hydrogen-bond acceptors (Lipinski definition) is 2. The number of halogens is 1. The molecule has 5 nitrogen and oxygen atoms in total. The molecule has 1 aliphatic rings. The number of nitrogens with one attached hydrogen (secondary N) is 3. The van der Waals surface area contributed by atoms with Crippen LogP contribution < -0.4 is 10.6 Å². The number of aromatic amines is 1. The van der Waals surface area contributed by atoms with Gasteiger partial charge in [-0.25, -0.2) is 0 Å². The van der Waals surface area contributed by atoms with Crippen LogP contribution in [0.15, 0.2) is 35.5 Å². The second-order valence-corrected chi connectivity index (χ2v) is 7.67. The number of guanidine groups is 1. The number of aromatic nitrogens is 1. The molecule has 27 heavy (non-hydrogen) atoms. The van der Waals surface area contributed by atoms with Crippen molar-refractivity contribution in [2.24, 2.45) is 10.9 Å². The average Bonchev–Trinajstić information content (AvgIpc) is 3.24. The molecule has 6 heteroatoms. The summed E-state index contributed by atoms with van der Waals surface area (Å²) in [4.78, 5) is 10.3. The van der Waals surface area contributed by atoms with Crippen LogP contribution in [0.5, 0.6) is 0 Å². The zero-order chi connectivity index (χ0) is 18.4. The summed E-state index contributed by atoms with van der Waals surface area (Å²) in [6.07, 6.45) is 5.69. The number of likely N-dealkylation sites (tertiary alicyclic amines) is 1. The Morgan fingerprint density at radius 2 is 2.11 bits per heavy atom. The molecule has 1 aromatic carbocycles. The molecule has 2 heterocycles. The van der Waals surface area contributed by atoms with Gasteiger partial charge in [0.2, 0.25) is 0 Å². The van der Waals surface area contributed by atoms with Crippen LogP contribution in [-0.2, 0) is 6.42 Å². The molecule has 0 radical (unpaired) electrons. The molecule has 1 atom stereocenters. The van der Waals surface area contributed by atoms with Crippen molar-refractivity contribution in [2.75, 3.05) is 33.2 Å². The highest BCUT2D eigenvalue weighted by atomic mass is 127. The van der Waals surface area contributed by atoms with E-state index in [2.05, 4.69) is 69.8 Å². The zero-order valence-corrected chi connectivity index (χ0v) is 19.1. The molecule has 3 rings (SSSR count).